The molecule has 3 heteroatoms. The molecule has 0 amide bonds. The lowest BCUT2D eigenvalue weighted by atomic mass is 9.91. The van der Waals surface area contributed by atoms with E-state index in [2.05, 4.69) is 12.2 Å². The van der Waals surface area contributed by atoms with Crippen molar-refractivity contribution in [2.24, 2.45) is 0 Å². The van der Waals surface area contributed by atoms with Gasteiger partial charge in [0, 0.05) is 11.2 Å². The molecular weight excluding hydrogens is 226 g/mol. The summed E-state index contributed by atoms with van der Waals surface area (Å²) in [6.45, 7) is 2.22. The molecule has 0 bridgehead atoms. The summed E-state index contributed by atoms with van der Waals surface area (Å²) in [5, 5.41) is 12.5. The van der Waals surface area contributed by atoms with Gasteiger partial charge in [-0.3, -0.25) is 0 Å². The predicted molar refractivity (Wildman–Crippen MR) is 73.1 cm³/mol. The Morgan fingerprint density at radius 1 is 1.28 bits per heavy atom. The number of carboxylic acids is 1. The van der Waals surface area contributed by atoms with Crippen molar-refractivity contribution in [3.05, 3.63) is 29.8 Å². The first-order valence-electron chi connectivity index (χ1n) is 6.77. The summed E-state index contributed by atoms with van der Waals surface area (Å²) >= 11 is 0. The van der Waals surface area contributed by atoms with Gasteiger partial charge in [0.2, 0.25) is 0 Å². The van der Waals surface area contributed by atoms with Crippen molar-refractivity contribution in [1.82, 2.24) is 0 Å². The zero-order valence-electron chi connectivity index (χ0n) is 10.9. The fraction of sp³-hybridized carbons (Fsp3) is 0.533. The highest BCUT2D eigenvalue weighted by Gasteiger charge is 2.32. The smallest absolute Gasteiger partial charge is 0.335 e. The molecule has 0 spiro atoms. The molecule has 0 unspecified atom stereocenters. The summed E-state index contributed by atoms with van der Waals surface area (Å²) in [4.78, 5) is 10.8. The Labute approximate surface area is 108 Å². The van der Waals surface area contributed by atoms with Crippen LogP contribution in [0.1, 0.15) is 55.8 Å². The van der Waals surface area contributed by atoms with Crippen LogP contribution >= 0.6 is 0 Å². The minimum Gasteiger partial charge on any atom is -0.478 e. The van der Waals surface area contributed by atoms with Crippen LogP contribution in [-0.2, 0) is 0 Å². The van der Waals surface area contributed by atoms with Crippen molar-refractivity contribution >= 4 is 11.7 Å². The molecule has 3 nitrogen and oxygen atoms in total. The maximum Gasteiger partial charge on any atom is 0.335 e. The largest absolute Gasteiger partial charge is 0.478 e. The summed E-state index contributed by atoms with van der Waals surface area (Å²) in [7, 11) is 0. The molecule has 1 saturated carbocycles. The average Bonchev–Trinajstić information content (AvgIpc) is 2.79. The van der Waals surface area contributed by atoms with E-state index in [4.69, 9.17) is 5.11 Å². The molecule has 0 aromatic heterocycles. The van der Waals surface area contributed by atoms with Gasteiger partial charge in [-0.1, -0.05) is 26.2 Å². The van der Waals surface area contributed by atoms with Crippen LogP contribution in [0.5, 0.6) is 0 Å². The van der Waals surface area contributed by atoms with Gasteiger partial charge in [-0.2, -0.15) is 0 Å². The van der Waals surface area contributed by atoms with Gasteiger partial charge in [-0.25, -0.2) is 4.79 Å². The number of aromatic carboxylic acids is 1. The number of hydrogen-bond donors (Lipinski definition) is 2. The molecule has 0 atom stereocenters. The fourth-order valence-electron chi connectivity index (χ4n) is 2.97. The first kappa shape index (κ1) is 12.9. The van der Waals surface area contributed by atoms with E-state index < -0.39 is 5.97 Å². The fourth-order valence-corrected chi connectivity index (χ4v) is 2.97. The molecule has 1 fully saturated rings. The molecule has 0 aliphatic heterocycles. The summed E-state index contributed by atoms with van der Waals surface area (Å²) < 4.78 is 0. The molecule has 1 aliphatic rings. The average molecular weight is 247 g/mol. The first-order chi connectivity index (χ1) is 8.65. The molecule has 1 aromatic rings. The van der Waals surface area contributed by atoms with Gasteiger partial charge in [-0.15, -0.1) is 0 Å². The SMILES string of the molecule is CCCC1(Nc2ccc(C(=O)O)cc2)CCCC1. The molecular formula is C15H21NO2. The molecule has 2 N–H and O–H groups in total. The number of hydrogen-bond acceptors (Lipinski definition) is 2. The maximum atomic E-state index is 10.8. The molecule has 0 heterocycles. The van der Waals surface area contributed by atoms with E-state index >= 15 is 0 Å². The third-order valence-electron chi connectivity index (χ3n) is 3.83. The number of carbonyl (C=O) groups is 1. The Hall–Kier alpha value is -1.51. The second kappa shape index (κ2) is 5.42. The first-order valence-corrected chi connectivity index (χ1v) is 6.77. The van der Waals surface area contributed by atoms with Gasteiger partial charge in [0.15, 0.2) is 0 Å². The molecule has 2 rings (SSSR count). The van der Waals surface area contributed by atoms with Gasteiger partial charge < -0.3 is 10.4 Å². The Kier molecular flexibility index (Phi) is 3.90. The second-order valence-corrected chi connectivity index (χ2v) is 5.24. The lowest BCUT2D eigenvalue weighted by molar-refractivity contribution is 0.0697. The number of anilines is 1. The predicted octanol–water partition coefficient (Wildman–Crippen LogP) is 3.91. The minimum absolute atomic E-state index is 0.236. The number of benzene rings is 1. The van der Waals surface area contributed by atoms with Crippen LogP contribution in [0.15, 0.2) is 24.3 Å². The summed E-state index contributed by atoms with van der Waals surface area (Å²) in [5.74, 6) is -0.870. The van der Waals surface area contributed by atoms with Crippen LogP contribution < -0.4 is 5.32 Å². The third kappa shape index (κ3) is 2.84. The number of rotatable bonds is 5. The monoisotopic (exact) mass is 247 g/mol. The Balaban J connectivity index is 2.09. The highest BCUT2D eigenvalue weighted by atomic mass is 16.4. The van der Waals surface area contributed by atoms with E-state index in [0.717, 1.165) is 5.69 Å². The van der Waals surface area contributed by atoms with Gasteiger partial charge in [0.05, 0.1) is 5.56 Å². The topological polar surface area (TPSA) is 49.3 Å². The summed E-state index contributed by atoms with van der Waals surface area (Å²) in [5.41, 5.74) is 1.62. The van der Waals surface area contributed by atoms with Crippen LogP contribution in [0.25, 0.3) is 0 Å². The summed E-state index contributed by atoms with van der Waals surface area (Å²) in [6, 6.07) is 7.08. The van der Waals surface area contributed by atoms with Crippen LogP contribution in [0, 0.1) is 0 Å². The quantitative estimate of drug-likeness (QED) is 0.829. The van der Waals surface area contributed by atoms with Crippen molar-refractivity contribution < 1.29 is 9.90 Å². The van der Waals surface area contributed by atoms with E-state index in [1.165, 1.54) is 38.5 Å². The van der Waals surface area contributed by atoms with Gasteiger partial charge >= 0.3 is 5.97 Å². The molecule has 0 saturated heterocycles. The molecule has 0 radical (unpaired) electrons. The molecule has 1 aliphatic carbocycles. The zero-order chi connectivity index (χ0) is 13.0. The van der Waals surface area contributed by atoms with E-state index in [9.17, 15) is 4.79 Å². The lowest BCUT2D eigenvalue weighted by Gasteiger charge is -2.31. The highest BCUT2D eigenvalue weighted by Crippen LogP contribution is 2.36. The van der Waals surface area contributed by atoms with Crippen molar-refractivity contribution in [3.8, 4) is 0 Å². The van der Waals surface area contributed by atoms with E-state index in [-0.39, 0.29) is 5.54 Å². The van der Waals surface area contributed by atoms with Crippen LogP contribution in [0.3, 0.4) is 0 Å². The standard InChI is InChI=1S/C15H21NO2/c1-2-9-15(10-3-4-11-15)16-13-7-5-12(6-8-13)14(17)18/h5-8,16H,2-4,9-11H2,1H3,(H,17,18). The number of carboxylic acid groups (broad SMARTS) is 1. The van der Waals surface area contributed by atoms with Crippen molar-refractivity contribution in [2.45, 2.75) is 51.0 Å². The van der Waals surface area contributed by atoms with Crippen LogP contribution in [0.2, 0.25) is 0 Å². The van der Waals surface area contributed by atoms with Crippen molar-refractivity contribution in [1.29, 1.82) is 0 Å². The van der Waals surface area contributed by atoms with E-state index in [0.29, 0.717) is 5.56 Å². The van der Waals surface area contributed by atoms with E-state index in [1.54, 1.807) is 12.1 Å². The minimum atomic E-state index is -0.870. The Morgan fingerprint density at radius 2 is 1.89 bits per heavy atom. The van der Waals surface area contributed by atoms with Gasteiger partial charge in [0.1, 0.15) is 0 Å². The molecule has 18 heavy (non-hydrogen) atoms. The van der Waals surface area contributed by atoms with Gasteiger partial charge in [0.25, 0.3) is 0 Å². The second-order valence-electron chi connectivity index (χ2n) is 5.24. The van der Waals surface area contributed by atoms with Gasteiger partial charge in [-0.05, 0) is 43.5 Å². The zero-order valence-corrected chi connectivity index (χ0v) is 10.9. The molecule has 98 valence electrons. The molecule has 1 aromatic carbocycles. The highest BCUT2D eigenvalue weighted by molar-refractivity contribution is 5.88. The third-order valence-corrected chi connectivity index (χ3v) is 3.83. The van der Waals surface area contributed by atoms with Crippen LogP contribution in [0.4, 0.5) is 5.69 Å². The maximum absolute atomic E-state index is 10.8. The Morgan fingerprint density at radius 3 is 2.39 bits per heavy atom. The van der Waals surface area contributed by atoms with Crippen molar-refractivity contribution in [3.63, 3.8) is 0 Å². The van der Waals surface area contributed by atoms with Crippen molar-refractivity contribution in [2.75, 3.05) is 5.32 Å². The van der Waals surface area contributed by atoms with Crippen LogP contribution in [-0.4, -0.2) is 16.6 Å². The lowest BCUT2D eigenvalue weighted by Crippen LogP contribution is -2.34. The normalized spacial score (nSPS) is 17.6. The Bertz CT molecular complexity index is 405. The number of nitrogens with one attached hydrogen (secondary N) is 1. The van der Waals surface area contributed by atoms with E-state index in [1.807, 2.05) is 12.1 Å². The summed E-state index contributed by atoms with van der Waals surface area (Å²) in [6.07, 6.45) is 7.40.